The van der Waals surface area contributed by atoms with Crippen molar-refractivity contribution in [2.75, 3.05) is 25.0 Å². The van der Waals surface area contributed by atoms with Gasteiger partial charge < -0.3 is 10.6 Å². The predicted molar refractivity (Wildman–Crippen MR) is 97.2 cm³/mol. The number of piperidine rings is 1. The number of aryl methyl sites for hydroxylation is 1. The van der Waals surface area contributed by atoms with E-state index in [1.165, 1.54) is 12.8 Å². The molecular weight excluding hydrogens is 316 g/mol. The zero-order valence-corrected chi connectivity index (χ0v) is 15.0. The number of hydrogen-bond donors (Lipinski definition) is 2. The van der Waals surface area contributed by atoms with Crippen LogP contribution in [0.4, 0.5) is 5.82 Å². The highest BCUT2D eigenvalue weighted by molar-refractivity contribution is 5.92. The summed E-state index contributed by atoms with van der Waals surface area (Å²) in [7, 11) is 0. The van der Waals surface area contributed by atoms with E-state index in [0.29, 0.717) is 24.9 Å². The van der Waals surface area contributed by atoms with Gasteiger partial charge in [-0.1, -0.05) is 18.9 Å². The molecule has 0 spiro atoms. The zero-order chi connectivity index (χ0) is 17.6. The summed E-state index contributed by atoms with van der Waals surface area (Å²) in [5.74, 6) is 0.601. The van der Waals surface area contributed by atoms with Crippen molar-refractivity contribution in [2.24, 2.45) is 5.92 Å². The lowest BCUT2D eigenvalue weighted by Gasteiger charge is -2.31. The number of carbonyl (C=O) groups is 2. The van der Waals surface area contributed by atoms with E-state index in [-0.39, 0.29) is 17.7 Å². The number of rotatable bonds is 5. The number of anilines is 1. The standard InChI is InChI=1S/C19H28N4O2/c1-14-6-4-10-17(20-14)22-19(25)15-7-5-11-23(12-15)13-18(24)21-16-8-2-3-9-16/h4,6,10,15-16H,2-3,5,7-9,11-13H2,1H3,(H,21,24)(H,20,22,25). The molecule has 2 amide bonds. The van der Waals surface area contributed by atoms with Crippen molar-refractivity contribution in [3.63, 3.8) is 0 Å². The molecule has 2 aliphatic rings. The minimum absolute atomic E-state index is 0.000925. The Morgan fingerprint density at radius 1 is 1.20 bits per heavy atom. The average Bonchev–Trinajstić information content (AvgIpc) is 3.08. The molecule has 25 heavy (non-hydrogen) atoms. The van der Waals surface area contributed by atoms with Crippen molar-refractivity contribution < 1.29 is 9.59 Å². The first kappa shape index (κ1) is 17.9. The normalized spacial score (nSPS) is 21.9. The Kier molecular flexibility index (Phi) is 6.02. The van der Waals surface area contributed by atoms with E-state index in [1.54, 1.807) is 6.07 Å². The van der Waals surface area contributed by atoms with Crippen LogP contribution in [0.1, 0.15) is 44.2 Å². The van der Waals surface area contributed by atoms with E-state index in [2.05, 4.69) is 20.5 Å². The maximum atomic E-state index is 12.5. The lowest BCUT2D eigenvalue weighted by Crippen LogP contribution is -2.46. The largest absolute Gasteiger partial charge is 0.352 e. The molecule has 1 saturated carbocycles. The molecule has 2 heterocycles. The van der Waals surface area contributed by atoms with Crippen LogP contribution in [0.25, 0.3) is 0 Å². The van der Waals surface area contributed by atoms with Crippen LogP contribution >= 0.6 is 0 Å². The fourth-order valence-corrected chi connectivity index (χ4v) is 3.80. The Morgan fingerprint density at radius 2 is 2.00 bits per heavy atom. The van der Waals surface area contributed by atoms with Crippen molar-refractivity contribution in [1.82, 2.24) is 15.2 Å². The highest BCUT2D eigenvalue weighted by atomic mass is 16.2. The average molecular weight is 344 g/mol. The highest BCUT2D eigenvalue weighted by Crippen LogP contribution is 2.19. The molecule has 136 valence electrons. The van der Waals surface area contributed by atoms with E-state index < -0.39 is 0 Å². The summed E-state index contributed by atoms with van der Waals surface area (Å²) in [6.45, 7) is 3.81. The van der Waals surface area contributed by atoms with Crippen LogP contribution in [-0.2, 0) is 9.59 Å². The SMILES string of the molecule is Cc1cccc(NC(=O)C2CCCN(CC(=O)NC3CCCC3)C2)n1. The van der Waals surface area contributed by atoms with Gasteiger partial charge in [-0.05, 0) is 51.3 Å². The molecule has 1 unspecified atom stereocenters. The molecule has 2 fully saturated rings. The van der Waals surface area contributed by atoms with Crippen LogP contribution in [0.15, 0.2) is 18.2 Å². The van der Waals surface area contributed by atoms with Gasteiger partial charge in [0.05, 0.1) is 12.5 Å². The molecule has 6 heteroatoms. The summed E-state index contributed by atoms with van der Waals surface area (Å²) >= 11 is 0. The van der Waals surface area contributed by atoms with Gasteiger partial charge in [-0.25, -0.2) is 4.98 Å². The molecule has 0 radical (unpaired) electrons. The smallest absolute Gasteiger partial charge is 0.234 e. The molecule has 3 rings (SSSR count). The number of hydrogen-bond acceptors (Lipinski definition) is 4. The van der Waals surface area contributed by atoms with Gasteiger partial charge >= 0.3 is 0 Å². The summed E-state index contributed by atoms with van der Waals surface area (Å²) in [5, 5.41) is 6.03. The van der Waals surface area contributed by atoms with Gasteiger partial charge in [0, 0.05) is 18.3 Å². The minimum Gasteiger partial charge on any atom is -0.352 e. The first-order chi connectivity index (χ1) is 12.1. The predicted octanol–water partition coefficient (Wildman–Crippen LogP) is 2.10. The van der Waals surface area contributed by atoms with E-state index in [9.17, 15) is 9.59 Å². The molecule has 2 N–H and O–H groups in total. The Morgan fingerprint density at radius 3 is 2.76 bits per heavy atom. The number of aromatic nitrogens is 1. The maximum absolute atomic E-state index is 12.5. The summed E-state index contributed by atoms with van der Waals surface area (Å²) in [6.07, 6.45) is 6.42. The Hall–Kier alpha value is -1.95. The molecule has 1 atom stereocenters. The second-order valence-corrected chi connectivity index (χ2v) is 7.28. The third kappa shape index (κ3) is 5.26. The quantitative estimate of drug-likeness (QED) is 0.858. The lowest BCUT2D eigenvalue weighted by molar-refractivity contribution is -0.126. The van der Waals surface area contributed by atoms with Crippen molar-refractivity contribution in [3.05, 3.63) is 23.9 Å². The fourth-order valence-electron chi connectivity index (χ4n) is 3.80. The third-order valence-electron chi connectivity index (χ3n) is 5.10. The van der Waals surface area contributed by atoms with Gasteiger partial charge in [0.15, 0.2) is 0 Å². The second-order valence-electron chi connectivity index (χ2n) is 7.28. The molecule has 0 bridgehead atoms. The van der Waals surface area contributed by atoms with Gasteiger partial charge in [0.1, 0.15) is 5.82 Å². The van der Waals surface area contributed by atoms with Crippen LogP contribution < -0.4 is 10.6 Å². The summed E-state index contributed by atoms with van der Waals surface area (Å²) in [5.41, 5.74) is 0.881. The van der Waals surface area contributed by atoms with Crippen LogP contribution in [-0.4, -0.2) is 47.4 Å². The molecule has 1 saturated heterocycles. The number of pyridine rings is 1. The van der Waals surface area contributed by atoms with Crippen molar-refractivity contribution >= 4 is 17.6 Å². The van der Waals surface area contributed by atoms with Gasteiger partial charge in [-0.3, -0.25) is 14.5 Å². The molecule has 6 nitrogen and oxygen atoms in total. The molecule has 1 aliphatic heterocycles. The van der Waals surface area contributed by atoms with E-state index in [4.69, 9.17) is 0 Å². The first-order valence-corrected chi connectivity index (χ1v) is 9.36. The van der Waals surface area contributed by atoms with Crippen LogP contribution in [0.3, 0.4) is 0 Å². The van der Waals surface area contributed by atoms with E-state index in [1.807, 2.05) is 19.1 Å². The highest BCUT2D eigenvalue weighted by Gasteiger charge is 2.27. The van der Waals surface area contributed by atoms with E-state index in [0.717, 1.165) is 37.9 Å². The molecule has 1 aromatic rings. The maximum Gasteiger partial charge on any atom is 0.234 e. The molecule has 1 aliphatic carbocycles. The lowest BCUT2D eigenvalue weighted by atomic mass is 9.97. The topological polar surface area (TPSA) is 74.3 Å². The third-order valence-corrected chi connectivity index (χ3v) is 5.10. The zero-order valence-electron chi connectivity index (χ0n) is 15.0. The summed E-state index contributed by atoms with van der Waals surface area (Å²) in [6, 6.07) is 5.95. The number of likely N-dealkylation sites (tertiary alicyclic amines) is 1. The first-order valence-electron chi connectivity index (χ1n) is 9.36. The Bertz CT molecular complexity index is 613. The van der Waals surface area contributed by atoms with E-state index >= 15 is 0 Å². The number of nitrogens with zero attached hydrogens (tertiary/aromatic N) is 2. The van der Waals surface area contributed by atoms with Crippen molar-refractivity contribution in [2.45, 2.75) is 51.5 Å². The monoisotopic (exact) mass is 344 g/mol. The van der Waals surface area contributed by atoms with Crippen molar-refractivity contribution in [3.8, 4) is 0 Å². The van der Waals surface area contributed by atoms with Gasteiger partial charge in [-0.15, -0.1) is 0 Å². The van der Waals surface area contributed by atoms with Gasteiger partial charge in [0.25, 0.3) is 0 Å². The van der Waals surface area contributed by atoms with Crippen LogP contribution in [0.2, 0.25) is 0 Å². The molecular formula is C19H28N4O2. The summed E-state index contributed by atoms with van der Waals surface area (Å²) < 4.78 is 0. The van der Waals surface area contributed by atoms with Gasteiger partial charge in [0.2, 0.25) is 11.8 Å². The Labute approximate surface area is 149 Å². The molecule has 0 aromatic carbocycles. The van der Waals surface area contributed by atoms with Crippen LogP contribution in [0.5, 0.6) is 0 Å². The fraction of sp³-hybridized carbons (Fsp3) is 0.632. The number of amides is 2. The second kappa shape index (κ2) is 8.43. The molecule has 1 aromatic heterocycles. The van der Waals surface area contributed by atoms with Gasteiger partial charge in [-0.2, -0.15) is 0 Å². The number of carbonyl (C=O) groups excluding carboxylic acids is 2. The minimum atomic E-state index is -0.0876. The van der Waals surface area contributed by atoms with Crippen LogP contribution in [0, 0.1) is 12.8 Å². The number of nitrogens with one attached hydrogen (secondary N) is 2. The van der Waals surface area contributed by atoms with Crippen molar-refractivity contribution in [1.29, 1.82) is 0 Å². The summed E-state index contributed by atoms with van der Waals surface area (Å²) in [4.78, 5) is 31.1. The Balaban J connectivity index is 1.48.